The molecule has 2 heterocycles. The topological polar surface area (TPSA) is 98.3 Å². The van der Waals surface area contributed by atoms with Crippen LogP contribution < -0.4 is 5.32 Å². The molecule has 7 nitrogen and oxygen atoms in total. The second-order valence-electron chi connectivity index (χ2n) is 5.89. The number of carbonyl (C=O) groups is 2. The number of carboxylic acids is 1. The molecule has 3 N–H and O–H groups in total. The summed E-state index contributed by atoms with van der Waals surface area (Å²) in [5.41, 5.74) is 1.40. The largest absolute Gasteiger partial charge is 0.481 e. The second-order valence-corrected chi connectivity index (χ2v) is 5.89. The number of likely N-dealkylation sites (tertiary alicyclic amines) is 1. The molecule has 0 radical (unpaired) electrons. The first kappa shape index (κ1) is 15.3. The normalized spacial score (nSPS) is 21.5. The van der Waals surface area contributed by atoms with Gasteiger partial charge < -0.3 is 15.3 Å². The Labute approximate surface area is 123 Å². The van der Waals surface area contributed by atoms with Crippen LogP contribution in [0.2, 0.25) is 0 Å². The highest BCUT2D eigenvalue weighted by Gasteiger charge is 2.42. The van der Waals surface area contributed by atoms with Crippen LogP contribution in [-0.2, 0) is 11.2 Å². The third kappa shape index (κ3) is 3.53. The number of nitrogens with zero attached hydrogens (tertiary/aromatic N) is 2. The zero-order chi connectivity index (χ0) is 15.5. The molecule has 1 fully saturated rings. The van der Waals surface area contributed by atoms with Gasteiger partial charge in [-0.2, -0.15) is 5.10 Å². The molecule has 1 aliphatic rings. The number of aromatic nitrogens is 2. The van der Waals surface area contributed by atoms with E-state index in [4.69, 9.17) is 5.11 Å². The number of rotatable bonds is 5. The Morgan fingerprint density at radius 3 is 2.90 bits per heavy atom. The number of urea groups is 1. The number of carbonyl (C=O) groups excluding carboxylic acids is 1. The lowest BCUT2D eigenvalue weighted by Gasteiger charge is -2.20. The van der Waals surface area contributed by atoms with E-state index in [1.54, 1.807) is 18.0 Å². The Morgan fingerprint density at radius 2 is 2.33 bits per heavy atom. The summed E-state index contributed by atoms with van der Waals surface area (Å²) in [6.07, 6.45) is 3.99. The zero-order valence-electron chi connectivity index (χ0n) is 12.5. The lowest BCUT2D eigenvalue weighted by molar-refractivity contribution is -0.146. The molecule has 0 bridgehead atoms. The monoisotopic (exact) mass is 294 g/mol. The highest BCUT2D eigenvalue weighted by atomic mass is 16.4. The van der Waals surface area contributed by atoms with Crippen LogP contribution >= 0.6 is 0 Å². The van der Waals surface area contributed by atoms with Crippen molar-refractivity contribution in [3.05, 3.63) is 17.5 Å². The number of aliphatic carboxylic acids is 1. The van der Waals surface area contributed by atoms with Gasteiger partial charge in [0.2, 0.25) is 0 Å². The molecule has 1 unspecified atom stereocenters. The Morgan fingerprint density at radius 1 is 1.57 bits per heavy atom. The quantitative estimate of drug-likeness (QED) is 0.710. The summed E-state index contributed by atoms with van der Waals surface area (Å²) in [6, 6.07) is -0.177. The molecule has 1 aliphatic heterocycles. The first-order valence-electron chi connectivity index (χ1n) is 7.17. The van der Waals surface area contributed by atoms with Crippen molar-refractivity contribution >= 4 is 12.0 Å². The number of hydrogen-bond donors (Lipinski definition) is 3. The fourth-order valence-electron chi connectivity index (χ4n) is 2.52. The van der Waals surface area contributed by atoms with Gasteiger partial charge in [-0.25, -0.2) is 4.79 Å². The van der Waals surface area contributed by atoms with Crippen molar-refractivity contribution < 1.29 is 14.7 Å². The average molecular weight is 294 g/mol. The molecule has 0 aromatic carbocycles. The fraction of sp³-hybridized carbons (Fsp3) is 0.643. The van der Waals surface area contributed by atoms with Gasteiger partial charge in [-0.15, -0.1) is 0 Å². The maximum absolute atomic E-state index is 12.0. The molecular formula is C14H22N4O3. The van der Waals surface area contributed by atoms with Gasteiger partial charge in [-0.1, -0.05) is 0 Å². The van der Waals surface area contributed by atoms with Crippen LogP contribution in [0.4, 0.5) is 4.79 Å². The predicted molar refractivity (Wildman–Crippen MR) is 77.0 cm³/mol. The van der Waals surface area contributed by atoms with Gasteiger partial charge in [0.05, 0.1) is 11.6 Å². The van der Waals surface area contributed by atoms with Crippen molar-refractivity contribution in [1.29, 1.82) is 0 Å². The molecule has 7 heteroatoms. The van der Waals surface area contributed by atoms with Crippen LogP contribution in [-0.4, -0.2) is 51.8 Å². The van der Waals surface area contributed by atoms with Gasteiger partial charge in [0, 0.05) is 25.3 Å². The predicted octanol–water partition coefficient (Wildman–Crippen LogP) is 1.16. The SMILES string of the molecule is Cc1[nH]ncc1CCCNC(=O)N1CCC(C)(C(=O)O)C1. The van der Waals surface area contributed by atoms with Gasteiger partial charge in [-0.3, -0.25) is 9.89 Å². The number of amides is 2. The van der Waals surface area contributed by atoms with Crippen LogP contribution in [0.3, 0.4) is 0 Å². The van der Waals surface area contributed by atoms with Gasteiger partial charge in [0.15, 0.2) is 0 Å². The van der Waals surface area contributed by atoms with E-state index in [1.165, 1.54) is 0 Å². The zero-order valence-corrected chi connectivity index (χ0v) is 12.5. The van der Waals surface area contributed by atoms with Crippen molar-refractivity contribution in [1.82, 2.24) is 20.4 Å². The summed E-state index contributed by atoms with van der Waals surface area (Å²) >= 11 is 0. The standard InChI is InChI=1S/C14H22N4O3/c1-10-11(8-16-17-10)4-3-6-15-13(21)18-7-5-14(2,9-18)12(19)20/h8H,3-7,9H2,1-2H3,(H,15,21)(H,16,17)(H,19,20). The van der Waals surface area contributed by atoms with Crippen LogP contribution in [0.25, 0.3) is 0 Å². The molecule has 2 rings (SSSR count). The Hall–Kier alpha value is -2.05. The highest BCUT2D eigenvalue weighted by Crippen LogP contribution is 2.29. The minimum absolute atomic E-state index is 0.177. The van der Waals surface area contributed by atoms with Crippen molar-refractivity contribution in [3.8, 4) is 0 Å². The Kier molecular flexibility index (Phi) is 4.50. The van der Waals surface area contributed by atoms with E-state index >= 15 is 0 Å². The fourth-order valence-corrected chi connectivity index (χ4v) is 2.52. The number of carboxylic acid groups (broad SMARTS) is 1. The highest BCUT2D eigenvalue weighted by molar-refractivity contribution is 5.79. The van der Waals surface area contributed by atoms with E-state index in [0.29, 0.717) is 19.5 Å². The van der Waals surface area contributed by atoms with E-state index in [-0.39, 0.29) is 12.6 Å². The number of aryl methyl sites for hydroxylation is 2. The molecule has 0 spiro atoms. The molecule has 1 aromatic rings. The van der Waals surface area contributed by atoms with E-state index in [9.17, 15) is 9.59 Å². The Balaban J connectivity index is 1.71. The van der Waals surface area contributed by atoms with E-state index in [1.807, 2.05) is 6.92 Å². The second kappa shape index (κ2) is 6.15. The van der Waals surface area contributed by atoms with Gasteiger partial charge >= 0.3 is 12.0 Å². The van der Waals surface area contributed by atoms with Crippen LogP contribution in [0.15, 0.2) is 6.20 Å². The first-order chi connectivity index (χ1) is 9.92. The number of H-pyrrole nitrogens is 1. The molecular weight excluding hydrogens is 272 g/mol. The van der Waals surface area contributed by atoms with Gasteiger partial charge in [0.1, 0.15) is 0 Å². The smallest absolute Gasteiger partial charge is 0.317 e. The molecule has 21 heavy (non-hydrogen) atoms. The Bertz CT molecular complexity index is 528. The third-order valence-corrected chi connectivity index (χ3v) is 4.11. The molecule has 0 saturated carbocycles. The number of nitrogens with one attached hydrogen (secondary N) is 2. The lowest BCUT2D eigenvalue weighted by Crippen LogP contribution is -2.41. The maximum Gasteiger partial charge on any atom is 0.317 e. The lowest BCUT2D eigenvalue weighted by atomic mass is 9.90. The van der Waals surface area contributed by atoms with Crippen molar-refractivity contribution in [3.63, 3.8) is 0 Å². The summed E-state index contributed by atoms with van der Waals surface area (Å²) in [7, 11) is 0. The maximum atomic E-state index is 12.0. The van der Waals surface area contributed by atoms with Gasteiger partial charge in [0.25, 0.3) is 0 Å². The van der Waals surface area contributed by atoms with E-state index in [0.717, 1.165) is 24.1 Å². The summed E-state index contributed by atoms with van der Waals surface area (Å²) in [5, 5.41) is 18.8. The summed E-state index contributed by atoms with van der Waals surface area (Å²) in [4.78, 5) is 24.7. The van der Waals surface area contributed by atoms with Crippen LogP contribution in [0, 0.1) is 12.3 Å². The number of hydrogen-bond acceptors (Lipinski definition) is 3. The molecule has 1 atom stereocenters. The summed E-state index contributed by atoms with van der Waals surface area (Å²) in [5.74, 6) is -0.840. The van der Waals surface area contributed by atoms with Crippen molar-refractivity contribution in [2.45, 2.75) is 33.1 Å². The molecule has 2 amide bonds. The van der Waals surface area contributed by atoms with Gasteiger partial charge in [-0.05, 0) is 38.7 Å². The minimum Gasteiger partial charge on any atom is -0.481 e. The minimum atomic E-state index is -0.840. The van der Waals surface area contributed by atoms with Crippen molar-refractivity contribution in [2.75, 3.05) is 19.6 Å². The van der Waals surface area contributed by atoms with Crippen LogP contribution in [0.5, 0.6) is 0 Å². The van der Waals surface area contributed by atoms with Crippen LogP contribution in [0.1, 0.15) is 31.0 Å². The van der Waals surface area contributed by atoms with E-state index in [2.05, 4.69) is 15.5 Å². The molecule has 0 aliphatic carbocycles. The first-order valence-corrected chi connectivity index (χ1v) is 7.17. The van der Waals surface area contributed by atoms with E-state index < -0.39 is 11.4 Å². The third-order valence-electron chi connectivity index (χ3n) is 4.11. The average Bonchev–Trinajstić information content (AvgIpc) is 3.02. The van der Waals surface area contributed by atoms with Crippen molar-refractivity contribution in [2.24, 2.45) is 5.41 Å². The molecule has 1 aromatic heterocycles. The summed E-state index contributed by atoms with van der Waals surface area (Å²) in [6.45, 7) is 5.00. The summed E-state index contributed by atoms with van der Waals surface area (Å²) < 4.78 is 0. The number of aromatic amines is 1. The molecule has 116 valence electrons. The molecule has 1 saturated heterocycles.